The van der Waals surface area contributed by atoms with Crippen LogP contribution in [0.1, 0.15) is 0 Å². The van der Waals surface area contributed by atoms with E-state index < -0.39 is 0 Å². The van der Waals surface area contributed by atoms with Gasteiger partial charge in [0.2, 0.25) is 0 Å². The minimum atomic E-state index is -0.322. The fraction of sp³-hybridized carbons (Fsp3) is 0.0500. The third-order valence-electron chi connectivity index (χ3n) is 4.03. The molecule has 0 spiro atoms. The number of halogens is 1. The number of hydrogen-bond donors (Lipinski definition) is 2. The molecule has 0 aliphatic heterocycles. The van der Waals surface area contributed by atoms with E-state index >= 15 is 0 Å². The van der Waals surface area contributed by atoms with Gasteiger partial charge in [0.05, 0.1) is 16.9 Å². The number of aromatic nitrogens is 3. The highest BCUT2D eigenvalue weighted by Crippen LogP contribution is 2.30. The van der Waals surface area contributed by atoms with E-state index in [0.717, 1.165) is 22.2 Å². The Bertz CT molecular complexity index is 1070. The smallest absolute Gasteiger partial charge is 0.163 e. The molecule has 26 heavy (non-hydrogen) atoms. The Morgan fingerprint density at radius 2 is 1.81 bits per heavy atom. The Labute approximate surface area is 150 Å². The molecule has 2 aromatic carbocycles. The first-order valence-corrected chi connectivity index (χ1v) is 8.16. The summed E-state index contributed by atoms with van der Waals surface area (Å²) >= 11 is 0. The number of benzene rings is 2. The van der Waals surface area contributed by atoms with E-state index in [0.29, 0.717) is 17.3 Å². The zero-order chi connectivity index (χ0) is 17.9. The van der Waals surface area contributed by atoms with Crippen molar-refractivity contribution in [3.8, 4) is 11.4 Å². The normalized spacial score (nSPS) is 10.7. The molecular weight excluding hydrogens is 329 g/mol. The first-order valence-electron chi connectivity index (χ1n) is 8.16. The van der Waals surface area contributed by atoms with E-state index in [1.165, 1.54) is 12.1 Å². The Balaban J connectivity index is 1.87. The summed E-state index contributed by atoms with van der Waals surface area (Å²) in [7, 11) is 1.79. The van der Waals surface area contributed by atoms with Crippen LogP contribution in [0.4, 0.5) is 21.6 Å². The number of nitrogens with one attached hydrogen (secondary N) is 2. The fourth-order valence-electron chi connectivity index (χ4n) is 2.76. The summed E-state index contributed by atoms with van der Waals surface area (Å²) in [4.78, 5) is 13.4. The van der Waals surface area contributed by atoms with Gasteiger partial charge in [-0.05, 0) is 42.5 Å². The van der Waals surface area contributed by atoms with E-state index in [1.54, 1.807) is 25.5 Å². The number of para-hydroxylation sites is 1. The molecule has 5 nitrogen and oxygen atoms in total. The summed E-state index contributed by atoms with van der Waals surface area (Å²) in [5, 5.41) is 7.15. The van der Waals surface area contributed by atoms with Gasteiger partial charge >= 0.3 is 0 Å². The molecule has 0 aliphatic carbocycles. The molecule has 0 fully saturated rings. The van der Waals surface area contributed by atoms with Crippen LogP contribution in [0.3, 0.4) is 0 Å². The second-order valence-electron chi connectivity index (χ2n) is 5.72. The van der Waals surface area contributed by atoms with Gasteiger partial charge in [0, 0.05) is 30.4 Å². The lowest BCUT2D eigenvalue weighted by Gasteiger charge is -2.14. The topological polar surface area (TPSA) is 62.7 Å². The molecule has 0 atom stereocenters. The maximum atomic E-state index is 13.7. The molecule has 0 unspecified atom stereocenters. The largest absolute Gasteiger partial charge is 0.386 e. The van der Waals surface area contributed by atoms with E-state index in [4.69, 9.17) is 0 Å². The van der Waals surface area contributed by atoms with Gasteiger partial charge in [0.25, 0.3) is 0 Å². The average Bonchev–Trinajstić information content (AvgIpc) is 2.69. The third-order valence-corrected chi connectivity index (χ3v) is 4.03. The molecular formula is C20H16FN5. The number of nitrogens with zero attached hydrogens (tertiary/aromatic N) is 3. The molecule has 4 aromatic rings. The van der Waals surface area contributed by atoms with E-state index in [-0.39, 0.29) is 5.82 Å². The summed E-state index contributed by atoms with van der Waals surface area (Å²) in [6, 6.07) is 16.0. The van der Waals surface area contributed by atoms with Crippen molar-refractivity contribution in [2.45, 2.75) is 0 Å². The van der Waals surface area contributed by atoms with Gasteiger partial charge in [-0.2, -0.15) is 0 Å². The Morgan fingerprint density at radius 3 is 2.62 bits per heavy atom. The molecule has 2 N–H and O–H groups in total. The first kappa shape index (κ1) is 16.0. The number of fused-ring (bicyclic) bond motifs is 1. The van der Waals surface area contributed by atoms with Gasteiger partial charge in [-0.15, -0.1) is 0 Å². The molecule has 2 heterocycles. The van der Waals surface area contributed by atoms with Crippen molar-refractivity contribution in [2.75, 3.05) is 17.7 Å². The number of hydrogen-bond acceptors (Lipinski definition) is 5. The van der Waals surface area contributed by atoms with Gasteiger partial charge in [0.15, 0.2) is 5.82 Å². The van der Waals surface area contributed by atoms with Gasteiger partial charge in [0.1, 0.15) is 11.6 Å². The van der Waals surface area contributed by atoms with Gasteiger partial charge in [-0.1, -0.05) is 12.1 Å². The average molecular weight is 345 g/mol. The Morgan fingerprint density at radius 1 is 0.923 bits per heavy atom. The monoisotopic (exact) mass is 345 g/mol. The lowest BCUT2D eigenvalue weighted by atomic mass is 10.2. The predicted octanol–water partition coefficient (Wildman–Crippen LogP) is 4.62. The van der Waals surface area contributed by atoms with Crippen LogP contribution in [0, 0.1) is 5.82 Å². The van der Waals surface area contributed by atoms with Crippen LogP contribution < -0.4 is 10.6 Å². The zero-order valence-electron chi connectivity index (χ0n) is 14.1. The molecule has 4 rings (SSSR count). The minimum absolute atomic E-state index is 0.322. The molecule has 128 valence electrons. The lowest BCUT2D eigenvalue weighted by Crippen LogP contribution is -2.02. The standard InChI is InChI=1S/C20H16FN5/c1-22-17-9-8-14(21)11-18(17)25-20-15-6-2-3-7-16(15)24-19(26-20)13-5-4-10-23-12-13/h2-12,22H,1H3,(H,24,25,26). The molecule has 2 aromatic heterocycles. The van der Waals surface area contributed by atoms with E-state index in [2.05, 4.69) is 25.6 Å². The van der Waals surface area contributed by atoms with Gasteiger partial charge in [-0.3, -0.25) is 4.98 Å². The molecule has 0 aliphatic rings. The summed E-state index contributed by atoms with van der Waals surface area (Å²) in [6.45, 7) is 0. The fourth-order valence-corrected chi connectivity index (χ4v) is 2.76. The van der Waals surface area contributed by atoms with Crippen LogP contribution in [-0.4, -0.2) is 22.0 Å². The zero-order valence-corrected chi connectivity index (χ0v) is 14.1. The van der Waals surface area contributed by atoms with Crippen molar-refractivity contribution in [1.29, 1.82) is 0 Å². The third kappa shape index (κ3) is 3.04. The summed E-state index contributed by atoms with van der Waals surface area (Å²) in [5.41, 5.74) is 2.99. The second kappa shape index (κ2) is 6.76. The molecule has 6 heteroatoms. The highest BCUT2D eigenvalue weighted by Gasteiger charge is 2.11. The second-order valence-corrected chi connectivity index (χ2v) is 5.72. The van der Waals surface area contributed by atoms with E-state index in [9.17, 15) is 4.39 Å². The number of pyridine rings is 1. The highest BCUT2D eigenvalue weighted by atomic mass is 19.1. The number of rotatable bonds is 4. The molecule has 0 bridgehead atoms. The molecule has 0 radical (unpaired) electrons. The van der Waals surface area contributed by atoms with Gasteiger partial charge in [-0.25, -0.2) is 14.4 Å². The Kier molecular flexibility index (Phi) is 4.15. The highest BCUT2D eigenvalue weighted by molar-refractivity contribution is 5.93. The van der Waals surface area contributed by atoms with Crippen molar-refractivity contribution in [3.05, 3.63) is 72.8 Å². The van der Waals surface area contributed by atoms with Crippen molar-refractivity contribution < 1.29 is 4.39 Å². The molecule has 0 amide bonds. The van der Waals surface area contributed by atoms with Crippen molar-refractivity contribution >= 4 is 28.1 Å². The first-order chi connectivity index (χ1) is 12.7. The Hall–Kier alpha value is -3.54. The van der Waals surface area contributed by atoms with Crippen LogP contribution in [0.15, 0.2) is 67.0 Å². The maximum Gasteiger partial charge on any atom is 0.163 e. The maximum absolute atomic E-state index is 13.7. The predicted molar refractivity (Wildman–Crippen MR) is 102 cm³/mol. The SMILES string of the molecule is CNc1ccc(F)cc1Nc1nc(-c2cccnc2)nc2ccccc12. The lowest BCUT2D eigenvalue weighted by molar-refractivity contribution is 0.628. The van der Waals surface area contributed by atoms with Crippen molar-refractivity contribution in [2.24, 2.45) is 0 Å². The van der Waals surface area contributed by atoms with Crippen molar-refractivity contribution in [3.63, 3.8) is 0 Å². The van der Waals surface area contributed by atoms with Crippen LogP contribution in [0.2, 0.25) is 0 Å². The van der Waals surface area contributed by atoms with Gasteiger partial charge < -0.3 is 10.6 Å². The van der Waals surface area contributed by atoms with E-state index in [1.807, 2.05) is 36.4 Å². The molecule has 0 saturated carbocycles. The summed E-state index contributed by atoms with van der Waals surface area (Å²) in [6.07, 6.45) is 3.42. The van der Waals surface area contributed by atoms with Crippen LogP contribution in [0.5, 0.6) is 0 Å². The van der Waals surface area contributed by atoms with Crippen LogP contribution >= 0.6 is 0 Å². The quantitative estimate of drug-likeness (QED) is 0.565. The summed E-state index contributed by atoms with van der Waals surface area (Å²) < 4.78 is 13.7. The van der Waals surface area contributed by atoms with Crippen LogP contribution in [0.25, 0.3) is 22.3 Å². The minimum Gasteiger partial charge on any atom is -0.386 e. The van der Waals surface area contributed by atoms with Crippen molar-refractivity contribution in [1.82, 2.24) is 15.0 Å². The number of anilines is 3. The van der Waals surface area contributed by atoms with Crippen LogP contribution in [-0.2, 0) is 0 Å². The molecule has 0 saturated heterocycles. The summed E-state index contributed by atoms with van der Waals surface area (Å²) in [5.74, 6) is 0.843.